The van der Waals surface area contributed by atoms with E-state index in [4.69, 9.17) is 0 Å². The summed E-state index contributed by atoms with van der Waals surface area (Å²) in [6.07, 6.45) is 2.97. The van der Waals surface area contributed by atoms with Gasteiger partial charge in [-0.15, -0.1) is 0 Å². The van der Waals surface area contributed by atoms with Crippen molar-refractivity contribution in [2.75, 3.05) is 9.62 Å². The number of para-hydroxylation sites is 2. The van der Waals surface area contributed by atoms with Gasteiger partial charge in [0, 0.05) is 19.7 Å². The highest BCUT2D eigenvalue weighted by atomic mass is 32.2. The van der Waals surface area contributed by atoms with Crippen molar-refractivity contribution in [2.24, 2.45) is 7.05 Å². The molecule has 22 heavy (non-hydrogen) atoms. The Morgan fingerprint density at radius 1 is 1.32 bits per heavy atom. The molecule has 1 aromatic heterocycles. The Bertz CT molecular complexity index is 828. The number of fused-ring (bicyclic) bond motifs is 1. The molecule has 1 unspecified atom stereocenters. The SMILES string of the molecule is CC1CC(=O)Nc2ccccc2N1S(=O)(=O)c1cn(C)cn1. The standard InChI is InChI=1S/C14H16N4O3S/c1-10-7-13(19)16-11-5-3-4-6-12(11)18(10)22(20,21)14-8-17(2)9-15-14/h3-6,8-10H,7H2,1-2H3,(H,16,19). The number of aromatic nitrogens is 2. The Labute approximate surface area is 128 Å². The molecule has 1 amide bonds. The summed E-state index contributed by atoms with van der Waals surface area (Å²) in [5, 5.41) is 2.70. The minimum atomic E-state index is -3.84. The van der Waals surface area contributed by atoms with E-state index in [2.05, 4.69) is 10.3 Å². The molecule has 1 aromatic carbocycles. The molecule has 1 aliphatic heterocycles. The van der Waals surface area contributed by atoms with Crippen LogP contribution in [-0.2, 0) is 21.9 Å². The second kappa shape index (κ2) is 5.13. The lowest BCUT2D eigenvalue weighted by molar-refractivity contribution is -0.116. The smallest absolute Gasteiger partial charge is 0.283 e. The largest absolute Gasteiger partial charge is 0.339 e. The van der Waals surface area contributed by atoms with Gasteiger partial charge in [0.2, 0.25) is 5.91 Å². The predicted molar refractivity (Wildman–Crippen MR) is 82.0 cm³/mol. The van der Waals surface area contributed by atoms with Crippen LogP contribution in [0.3, 0.4) is 0 Å². The minimum absolute atomic E-state index is 0.0361. The zero-order chi connectivity index (χ0) is 15.9. The van der Waals surface area contributed by atoms with Crippen LogP contribution in [-0.4, -0.2) is 29.9 Å². The van der Waals surface area contributed by atoms with E-state index in [1.807, 2.05) is 0 Å². The Kier molecular flexibility index (Phi) is 3.40. The number of anilines is 2. The van der Waals surface area contributed by atoms with Crippen LogP contribution in [0.25, 0.3) is 0 Å². The van der Waals surface area contributed by atoms with Gasteiger partial charge in [0.15, 0.2) is 5.03 Å². The molecule has 0 fully saturated rings. The zero-order valence-electron chi connectivity index (χ0n) is 12.2. The molecule has 0 spiro atoms. The van der Waals surface area contributed by atoms with Crippen molar-refractivity contribution in [2.45, 2.75) is 24.4 Å². The summed E-state index contributed by atoms with van der Waals surface area (Å²) in [4.78, 5) is 15.9. The fourth-order valence-electron chi connectivity index (χ4n) is 2.55. The van der Waals surface area contributed by atoms with Gasteiger partial charge in [-0.2, -0.15) is 8.42 Å². The molecule has 0 radical (unpaired) electrons. The summed E-state index contributed by atoms with van der Waals surface area (Å²) in [7, 11) is -2.14. The average molecular weight is 320 g/mol. The first-order valence-corrected chi connectivity index (χ1v) is 8.25. The number of aryl methyl sites for hydroxylation is 1. The molecule has 2 aromatic rings. The number of carbonyl (C=O) groups is 1. The van der Waals surface area contributed by atoms with Crippen molar-refractivity contribution < 1.29 is 13.2 Å². The third-order valence-corrected chi connectivity index (χ3v) is 5.32. The van der Waals surface area contributed by atoms with Crippen LogP contribution in [0.5, 0.6) is 0 Å². The highest BCUT2D eigenvalue weighted by Crippen LogP contribution is 2.35. The van der Waals surface area contributed by atoms with Gasteiger partial charge in [0.05, 0.1) is 23.7 Å². The number of benzene rings is 1. The number of hydrogen-bond acceptors (Lipinski definition) is 4. The van der Waals surface area contributed by atoms with Crippen molar-refractivity contribution in [3.63, 3.8) is 0 Å². The molecule has 0 aliphatic carbocycles. The van der Waals surface area contributed by atoms with Crippen molar-refractivity contribution in [3.05, 3.63) is 36.8 Å². The zero-order valence-corrected chi connectivity index (χ0v) is 13.0. The van der Waals surface area contributed by atoms with E-state index in [9.17, 15) is 13.2 Å². The van der Waals surface area contributed by atoms with Crippen LogP contribution in [0.15, 0.2) is 41.8 Å². The number of nitrogens with zero attached hydrogens (tertiary/aromatic N) is 3. The van der Waals surface area contributed by atoms with Crippen molar-refractivity contribution in [1.29, 1.82) is 0 Å². The third-order valence-electron chi connectivity index (χ3n) is 3.50. The molecule has 1 aliphatic rings. The maximum Gasteiger partial charge on any atom is 0.283 e. The minimum Gasteiger partial charge on any atom is -0.339 e. The van der Waals surface area contributed by atoms with E-state index >= 15 is 0 Å². The summed E-state index contributed by atoms with van der Waals surface area (Å²) in [5.41, 5.74) is 0.933. The summed E-state index contributed by atoms with van der Waals surface area (Å²) in [6, 6.07) is 6.35. The number of hydrogen-bond donors (Lipinski definition) is 1. The maximum absolute atomic E-state index is 12.9. The van der Waals surface area contributed by atoms with Crippen LogP contribution >= 0.6 is 0 Å². The average Bonchev–Trinajstić information content (AvgIpc) is 2.82. The predicted octanol–water partition coefficient (Wildman–Crippen LogP) is 1.35. The molecule has 0 saturated carbocycles. The fourth-order valence-corrected chi connectivity index (χ4v) is 4.20. The Morgan fingerprint density at radius 3 is 2.73 bits per heavy atom. The van der Waals surface area contributed by atoms with Crippen molar-refractivity contribution in [1.82, 2.24) is 9.55 Å². The van der Waals surface area contributed by atoms with Gasteiger partial charge in [-0.3, -0.25) is 9.10 Å². The molecule has 1 atom stereocenters. The van der Waals surface area contributed by atoms with Gasteiger partial charge in [0.1, 0.15) is 0 Å². The van der Waals surface area contributed by atoms with Gasteiger partial charge in [-0.1, -0.05) is 12.1 Å². The molecule has 0 bridgehead atoms. The lowest BCUT2D eigenvalue weighted by Crippen LogP contribution is -2.39. The highest BCUT2D eigenvalue weighted by Gasteiger charge is 2.35. The summed E-state index contributed by atoms with van der Waals surface area (Å²) < 4.78 is 28.7. The summed E-state index contributed by atoms with van der Waals surface area (Å²) in [6.45, 7) is 1.71. The lowest BCUT2D eigenvalue weighted by atomic mass is 10.2. The van der Waals surface area contributed by atoms with E-state index in [1.165, 1.54) is 16.8 Å². The number of amides is 1. The molecule has 2 heterocycles. The second-order valence-corrected chi connectivity index (χ2v) is 7.06. The van der Waals surface area contributed by atoms with E-state index in [0.29, 0.717) is 11.4 Å². The van der Waals surface area contributed by atoms with E-state index < -0.39 is 16.1 Å². The molecule has 3 rings (SSSR count). The van der Waals surface area contributed by atoms with Gasteiger partial charge >= 0.3 is 0 Å². The molecule has 8 heteroatoms. The van der Waals surface area contributed by atoms with Crippen LogP contribution in [0.4, 0.5) is 11.4 Å². The van der Waals surface area contributed by atoms with E-state index in [0.717, 1.165) is 0 Å². The van der Waals surface area contributed by atoms with Crippen molar-refractivity contribution in [3.8, 4) is 0 Å². The van der Waals surface area contributed by atoms with Gasteiger partial charge < -0.3 is 9.88 Å². The number of imidazole rings is 1. The van der Waals surface area contributed by atoms with Crippen LogP contribution < -0.4 is 9.62 Å². The topological polar surface area (TPSA) is 84.3 Å². The number of sulfonamides is 1. The fraction of sp³-hybridized carbons (Fsp3) is 0.286. The lowest BCUT2D eigenvalue weighted by Gasteiger charge is -2.28. The molecule has 1 N–H and O–H groups in total. The van der Waals surface area contributed by atoms with E-state index in [1.54, 1.807) is 42.8 Å². The van der Waals surface area contributed by atoms with Gasteiger partial charge in [0.25, 0.3) is 10.0 Å². The Balaban J connectivity index is 2.18. The summed E-state index contributed by atoms with van der Waals surface area (Å²) >= 11 is 0. The normalized spacial score (nSPS) is 18.5. The third kappa shape index (κ3) is 2.35. The molecule has 116 valence electrons. The van der Waals surface area contributed by atoms with Crippen LogP contribution in [0.2, 0.25) is 0 Å². The Hall–Kier alpha value is -2.35. The first-order chi connectivity index (χ1) is 10.4. The van der Waals surface area contributed by atoms with E-state index in [-0.39, 0.29) is 17.4 Å². The first kappa shape index (κ1) is 14.6. The monoisotopic (exact) mass is 320 g/mol. The number of rotatable bonds is 2. The number of nitrogens with one attached hydrogen (secondary N) is 1. The van der Waals surface area contributed by atoms with Crippen LogP contribution in [0, 0.1) is 0 Å². The summed E-state index contributed by atoms with van der Waals surface area (Å²) in [5.74, 6) is -0.210. The maximum atomic E-state index is 12.9. The second-order valence-electron chi connectivity index (χ2n) is 5.30. The van der Waals surface area contributed by atoms with Crippen molar-refractivity contribution >= 4 is 27.3 Å². The van der Waals surface area contributed by atoms with Gasteiger partial charge in [-0.25, -0.2) is 4.98 Å². The molecular weight excluding hydrogens is 304 g/mol. The molecular formula is C14H16N4O3S. The quantitative estimate of drug-likeness (QED) is 0.905. The Morgan fingerprint density at radius 2 is 2.05 bits per heavy atom. The molecule has 7 nitrogen and oxygen atoms in total. The van der Waals surface area contributed by atoms with Gasteiger partial charge in [-0.05, 0) is 19.1 Å². The van der Waals surface area contributed by atoms with Crippen LogP contribution in [0.1, 0.15) is 13.3 Å². The molecule has 0 saturated heterocycles. The first-order valence-electron chi connectivity index (χ1n) is 6.81. The number of carbonyl (C=O) groups excluding carboxylic acids is 1. The highest BCUT2D eigenvalue weighted by molar-refractivity contribution is 7.92.